The summed E-state index contributed by atoms with van der Waals surface area (Å²) in [5.74, 6) is -5.52. The van der Waals surface area contributed by atoms with Crippen molar-refractivity contribution < 1.29 is 42.9 Å². The highest BCUT2D eigenvalue weighted by molar-refractivity contribution is 6.25. The van der Waals surface area contributed by atoms with Gasteiger partial charge in [0.2, 0.25) is 11.8 Å². The van der Waals surface area contributed by atoms with Gasteiger partial charge in [-0.25, -0.2) is 9.69 Å². The molecule has 0 radical (unpaired) electrons. The van der Waals surface area contributed by atoms with Crippen LogP contribution in [0, 0.1) is 11.8 Å². The second-order valence-electron chi connectivity index (χ2n) is 7.37. The molecule has 3 aliphatic rings. The molecule has 0 saturated carbocycles. The summed E-state index contributed by atoms with van der Waals surface area (Å²) in [6.07, 6.45) is 0.704. The number of carbonyl (C=O) groups excluding carboxylic acids is 5. The van der Waals surface area contributed by atoms with Crippen molar-refractivity contribution in [2.75, 3.05) is 12.0 Å². The van der Waals surface area contributed by atoms with E-state index in [1.54, 1.807) is 18.2 Å². The number of amides is 2. The van der Waals surface area contributed by atoms with Crippen LogP contribution in [0.3, 0.4) is 0 Å². The quantitative estimate of drug-likeness (QED) is 0.288. The molecule has 2 fully saturated rings. The summed E-state index contributed by atoms with van der Waals surface area (Å²) in [5, 5.41) is 0. The summed E-state index contributed by atoms with van der Waals surface area (Å²) in [4.78, 5) is 63.1. The number of carbonyl (C=O) groups is 5. The average molecular weight is 429 g/mol. The summed E-state index contributed by atoms with van der Waals surface area (Å²) in [6.45, 7) is 2.24. The smallest absolute Gasteiger partial charge is 0.339 e. The van der Waals surface area contributed by atoms with E-state index in [9.17, 15) is 24.0 Å². The van der Waals surface area contributed by atoms with Crippen LogP contribution in [-0.4, -0.2) is 54.8 Å². The van der Waals surface area contributed by atoms with Gasteiger partial charge in [-0.3, -0.25) is 19.2 Å². The van der Waals surface area contributed by atoms with Crippen LogP contribution < -0.4 is 4.90 Å². The van der Waals surface area contributed by atoms with E-state index < -0.39 is 59.6 Å². The number of benzene rings is 1. The molecule has 10 heteroatoms. The van der Waals surface area contributed by atoms with E-state index in [0.29, 0.717) is 0 Å². The van der Waals surface area contributed by atoms with E-state index in [1.807, 2.05) is 0 Å². The fourth-order valence-electron chi connectivity index (χ4n) is 4.41. The lowest BCUT2D eigenvalue weighted by Crippen LogP contribution is -2.52. The van der Waals surface area contributed by atoms with E-state index in [4.69, 9.17) is 18.9 Å². The Hall–Kier alpha value is -3.53. The Morgan fingerprint density at radius 2 is 1.71 bits per heavy atom. The summed E-state index contributed by atoms with van der Waals surface area (Å²) < 4.78 is 21.0. The van der Waals surface area contributed by atoms with E-state index in [1.165, 1.54) is 25.3 Å². The van der Waals surface area contributed by atoms with Gasteiger partial charge >= 0.3 is 17.9 Å². The minimum absolute atomic E-state index is 0.0402. The molecule has 4 atom stereocenters. The Morgan fingerprint density at radius 1 is 1.06 bits per heavy atom. The first-order valence-electron chi connectivity index (χ1n) is 9.48. The van der Waals surface area contributed by atoms with Crippen LogP contribution in [0.1, 0.15) is 24.2 Å². The van der Waals surface area contributed by atoms with E-state index >= 15 is 0 Å². The molecule has 0 spiro atoms. The Bertz CT molecular complexity index is 1020. The van der Waals surface area contributed by atoms with Crippen molar-refractivity contribution in [3.63, 3.8) is 0 Å². The third-order valence-corrected chi connectivity index (χ3v) is 5.54. The van der Waals surface area contributed by atoms with Crippen molar-refractivity contribution in [2.24, 2.45) is 11.8 Å². The minimum atomic E-state index is -1.66. The summed E-state index contributed by atoms with van der Waals surface area (Å²) in [6, 6.07) is 6.06. The van der Waals surface area contributed by atoms with E-state index in [0.717, 1.165) is 18.7 Å². The van der Waals surface area contributed by atoms with Gasteiger partial charge in [-0.2, -0.15) is 0 Å². The number of esters is 3. The lowest BCUT2D eigenvalue weighted by atomic mass is 9.76. The van der Waals surface area contributed by atoms with Gasteiger partial charge in [0.05, 0.1) is 36.3 Å². The van der Waals surface area contributed by atoms with Crippen LogP contribution in [-0.2, 0) is 38.1 Å². The summed E-state index contributed by atoms with van der Waals surface area (Å²) in [5.41, 5.74) is -1.54. The first-order chi connectivity index (χ1) is 14.7. The minimum Gasteiger partial charge on any atom is -0.465 e. The van der Waals surface area contributed by atoms with Gasteiger partial charge in [-0.05, 0) is 18.2 Å². The number of para-hydroxylation sites is 1. The molecule has 0 unspecified atom stereocenters. The molecule has 3 heterocycles. The predicted molar refractivity (Wildman–Crippen MR) is 101 cm³/mol. The lowest BCUT2D eigenvalue weighted by molar-refractivity contribution is -0.226. The standard InChI is InChI=1S/C21H19NO9/c1-10(23)29-20(30-11(2)24)21-9-8-14(31-21)15-16(21)18(26)22(17(15)25)13-7-5-4-6-12(13)19(27)28-3/h4-9,14-16,20H,1-3H3/t14-,15+,16+,21+/m0/s1. The molecule has 0 N–H and O–H groups in total. The first-order valence-corrected chi connectivity index (χ1v) is 9.48. The number of fused-ring (bicyclic) bond motifs is 5. The number of anilines is 1. The van der Waals surface area contributed by atoms with Gasteiger partial charge in [-0.15, -0.1) is 0 Å². The SMILES string of the molecule is COC(=O)c1ccccc1N1C(=O)[C@@H]2[C@@H]3C=C[C@@](C(OC(C)=O)OC(C)=O)(O3)[C@H]2C1=O. The largest absolute Gasteiger partial charge is 0.465 e. The van der Waals surface area contributed by atoms with Crippen LogP contribution in [0.5, 0.6) is 0 Å². The van der Waals surface area contributed by atoms with Crippen molar-refractivity contribution in [1.29, 1.82) is 0 Å². The van der Waals surface area contributed by atoms with Gasteiger partial charge in [0.1, 0.15) is 0 Å². The number of imide groups is 1. The molecule has 2 bridgehead atoms. The van der Waals surface area contributed by atoms with Gasteiger partial charge in [0.15, 0.2) is 5.60 Å². The Balaban J connectivity index is 1.77. The molecule has 0 aromatic heterocycles. The second kappa shape index (κ2) is 7.31. The lowest BCUT2D eigenvalue weighted by Gasteiger charge is -2.34. The van der Waals surface area contributed by atoms with Crippen LogP contribution in [0.2, 0.25) is 0 Å². The summed E-state index contributed by atoms with van der Waals surface area (Å²) in [7, 11) is 1.19. The number of hydrogen-bond acceptors (Lipinski definition) is 9. The van der Waals surface area contributed by atoms with Crippen molar-refractivity contribution >= 4 is 35.4 Å². The van der Waals surface area contributed by atoms with Gasteiger partial charge in [0, 0.05) is 13.8 Å². The molecule has 2 amide bonds. The maximum Gasteiger partial charge on any atom is 0.339 e. The van der Waals surface area contributed by atoms with E-state index in [2.05, 4.69) is 0 Å². The molecule has 1 aromatic carbocycles. The predicted octanol–water partition coefficient (Wildman–Crippen LogP) is 0.738. The Morgan fingerprint density at radius 3 is 2.32 bits per heavy atom. The topological polar surface area (TPSA) is 126 Å². The molecule has 0 aliphatic carbocycles. The number of hydrogen-bond donors (Lipinski definition) is 0. The number of methoxy groups -OCH3 is 1. The molecular weight excluding hydrogens is 410 g/mol. The fourth-order valence-corrected chi connectivity index (χ4v) is 4.41. The molecule has 3 aliphatic heterocycles. The fraction of sp³-hybridized carbons (Fsp3) is 0.381. The highest BCUT2D eigenvalue weighted by atomic mass is 16.7. The highest BCUT2D eigenvalue weighted by Crippen LogP contribution is 2.55. The monoisotopic (exact) mass is 429 g/mol. The maximum absolute atomic E-state index is 13.5. The molecule has 10 nitrogen and oxygen atoms in total. The number of rotatable bonds is 5. The molecular formula is C21H19NO9. The number of nitrogens with zero attached hydrogens (tertiary/aromatic N) is 1. The van der Waals surface area contributed by atoms with Crippen molar-refractivity contribution in [2.45, 2.75) is 31.8 Å². The Labute approximate surface area is 176 Å². The molecule has 1 aromatic rings. The zero-order valence-electron chi connectivity index (χ0n) is 16.9. The zero-order chi connectivity index (χ0) is 22.5. The third-order valence-electron chi connectivity index (χ3n) is 5.54. The zero-order valence-corrected chi connectivity index (χ0v) is 16.9. The summed E-state index contributed by atoms with van der Waals surface area (Å²) >= 11 is 0. The highest BCUT2D eigenvalue weighted by Gasteiger charge is 2.72. The Kier molecular flexibility index (Phi) is 4.89. The van der Waals surface area contributed by atoms with Gasteiger partial charge < -0.3 is 18.9 Å². The molecule has 2 saturated heterocycles. The molecule has 162 valence electrons. The normalized spacial score (nSPS) is 28.1. The van der Waals surface area contributed by atoms with Crippen molar-refractivity contribution in [3.8, 4) is 0 Å². The van der Waals surface area contributed by atoms with Crippen LogP contribution in [0.15, 0.2) is 36.4 Å². The molecule has 4 rings (SSSR count). The molecule has 31 heavy (non-hydrogen) atoms. The number of ether oxygens (including phenoxy) is 4. The van der Waals surface area contributed by atoms with Crippen molar-refractivity contribution in [1.82, 2.24) is 0 Å². The van der Waals surface area contributed by atoms with Crippen LogP contribution >= 0.6 is 0 Å². The average Bonchev–Trinajstić information content (AvgIpc) is 3.37. The van der Waals surface area contributed by atoms with Crippen LogP contribution in [0.4, 0.5) is 5.69 Å². The van der Waals surface area contributed by atoms with Gasteiger partial charge in [-0.1, -0.05) is 18.2 Å². The van der Waals surface area contributed by atoms with Crippen molar-refractivity contribution in [3.05, 3.63) is 42.0 Å². The first kappa shape index (κ1) is 20.7. The maximum atomic E-state index is 13.5. The second-order valence-corrected chi connectivity index (χ2v) is 7.37. The van der Waals surface area contributed by atoms with E-state index in [-0.39, 0.29) is 11.3 Å². The third kappa shape index (κ3) is 3.02. The van der Waals surface area contributed by atoms with Crippen LogP contribution in [0.25, 0.3) is 0 Å². The van der Waals surface area contributed by atoms with Gasteiger partial charge in [0.25, 0.3) is 6.29 Å².